The summed E-state index contributed by atoms with van der Waals surface area (Å²) in [5, 5.41) is 21.0. The van der Waals surface area contributed by atoms with Crippen molar-refractivity contribution in [1.82, 2.24) is 4.98 Å². The normalized spacial score (nSPS) is 9.85. The first-order valence-electron chi connectivity index (χ1n) is 5.37. The molecular formula is C13H7BrClN3O2. The fourth-order valence-corrected chi connectivity index (χ4v) is 2.07. The van der Waals surface area contributed by atoms with Crippen molar-refractivity contribution in [3.63, 3.8) is 0 Å². The van der Waals surface area contributed by atoms with Crippen molar-refractivity contribution in [2.24, 2.45) is 0 Å². The van der Waals surface area contributed by atoms with E-state index in [1.807, 2.05) is 6.07 Å². The predicted molar refractivity (Wildman–Crippen MR) is 78.3 cm³/mol. The van der Waals surface area contributed by atoms with Crippen LogP contribution < -0.4 is 5.32 Å². The average Bonchev–Trinajstić information content (AvgIpc) is 2.41. The van der Waals surface area contributed by atoms with Gasteiger partial charge in [-0.15, -0.1) is 0 Å². The summed E-state index contributed by atoms with van der Waals surface area (Å²) in [7, 11) is 0. The second-order valence-electron chi connectivity index (χ2n) is 3.78. The maximum Gasteiger partial charge on any atom is 0.337 e. The van der Waals surface area contributed by atoms with Crippen LogP contribution in [0.5, 0.6) is 0 Å². The highest BCUT2D eigenvalue weighted by Gasteiger charge is 2.11. The van der Waals surface area contributed by atoms with E-state index in [9.17, 15) is 4.79 Å². The molecular weight excluding hydrogens is 346 g/mol. The van der Waals surface area contributed by atoms with Crippen LogP contribution in [0.25, 0.3) is 0 Å². The number of halogens is 2. The van der Waals surface area contributed by atoms with Crippen LogP contribution in [-0.2, 0) is 0 Å². The molecule has 0 aliphatic heterocycles. The lowest BCUT2D eigenvalue weighted by atomic mass is 10.2. The predicted octanol–water partition coefficient (Wildman–Crippen LogP) is 3.81. The molecule has 20 heavy (non-hydrogen) atoms. The molecule has 0 bridgehead atoms. The Balaban J connectivity index is 2.40. The Morgan fingerprint density at radius 1 is 1.45 bits per heavy atom. The Morgan fingerprint density at radius 2 is 2.20 bits per heavy atom. The van der Waals surface area contributed by atoms with Crippen molar-refractivity contribution in [2.75, 3.05) is 5.32 Å². The lowest BCUT2D eigenvalue weighted by Crippen LogP contribution is -2.02. The molecule has 5 nitrogen and oxygen atoms in total. The molecule has 0 spiro atoms. The summed E-state index contributed by atoms with van der Waals surface area (Å²) in [5.74, 6) is -0.850. The molecule has 0 saturated heterocycles. The van der Waals surface area contributed by atoms with Gasteiger partial charge in [0.15, 0.2) is 0 Å². The first-order valence-corrected chi connectivity index (χ1v) is 6.54. The van der Waals surface area contributed by atoms with E-state index >= 15 is 0 Å². The summed E-state index contributed by atoms with van der Waals surface area (Å²) in [4.78, 5) is 15.0. The number of nitrogens with one attached hydrogen (secondary N) is 1. The van der Waals surface area contributed by atoms with Gasteiger partial charge in [-0.05, 0) is 24.3 Å². The Morgan fingerprint density at radius 3 is 2.85 bits per heavy atom. The third-order valence-electron chi connectivity index (χ3n) is 2.45. The van der Waals surface area contributed by atoms with E-state index in [-0.39, 0.29) is 10.6 Å². The summed E-state index contributed by atoms with van der Waals surface area (Å²) in [6, 6.07) is 8.43. The molecule has 0 fully saturated rings. The summed E-state index contributed by atoms with van der Waals surface area (Å²) >= 11 is 9.05. The third kappa shape index (κ3) is 3.07. The zero-order chi connectivity index (χ0) is 14.7. The molecule has 0 aliphatic rings. The maximum absolute atomic E-state index is 11.0. The zero-order valence-corrected chi connectivity index (χ0v) is 12.2. The molecule has 0 unspecified atom stereocenters. The van der Waals surface area contributed by atoms with Gasteiger partial charge >= 0.3 is 5.97 Å². The van der Waals surface area contributed by atoms with Crippen LogP contribution in [0.4, 0.5) is 11.5 Å². The van der Waals surface area contributed by atoms with Crippen molar-refractivity contribution in [1.29, 1.82) is 5.26 Å². The van der Waals surface area contributed by atoms with Crippen molar-refractivity contribution < 1.29 is 9.90 Å². The van der Waals surface area contributed by atoms with Crippen LogP contribution in [0.2, 0.25) is 5.02 Å². The minimum atomic E-state index is -1.14. The number of aromatic nitrogens is 1. The lowest BCUT2D eigenvalue weighted by Gasteiger charge is -2.09. The van der Waals surface area contributed by atoms with Crippen molar-refractivity contribution >= 4 is 45.0 Å². The molecule has 0 saturated carbocycles. The summed E-state index contributed by atoms with van der Waals surface area (Å²) in [5.41, 5.74) is 0.882. The number of carboxylic acids is 1. The Hall–Kier alpha value is -2.10. The zero-order valence-electron chi connectivity index (χ0n) is 9.89. The molecule has 7 heteroatoms. The molecule has 1 aromatic carbocycles. The molecule has 0 atom stereocenters. The highest BCUT2D eigenvalue weighted by Crippen LogP contribution is 2.25. The fourth-order valence-electron chi connectivity index (χ4n) is 1.53. The lowest BCUT2D eigenvalue weighted by molar-refractivity contribution is 0.0697. The molecule has 0 aliphatic carbocycles. The number of carbonyl (C=O) groups is 1. The Labute approximate surface area is 128 Å². The van der Waals surface area contributed by atoms with Gasteiger partial charge in [0, 0.05) is 10.7 Å². The molecule has 1 heterocycles. The number of aromatic carboxylic acids is 1. The van der Waals surface area contributed by atoms with Gasteiger partial charge in [0.25, 0.3) is 0 Å². The van der Waals surface area contributed by atoms with E-state index in [1.165, 1.54) is 12.3 Å². The van der Waals surface area contributed by atoms with E-state index in [1.54, 1.807) is 18.2 Å². The smallest absolute Gasteiger partial charge is 0.337 e. The Bertz CT molecular complexity index is 728. The second-order valence-corrected chi connectivity index (χ2v) is 5.10. The van der Waals surface area contributed by atoms with Gasteiger partial charge in [0.05, 0.1) is 21.8 Å². The topological polar surface area (TPSA) is 86.0 Å². The van der Waals surface area contributed by atoms with Crippen LogP contribution in [0.3, 0.4) is 0 Å². The highest BCUT2D eigenvalue weighted by molar-refractivity contribution is 9.10. The number of pyridine rings is 1. The SMILES string of the molecule is N#Cc1ccc(Br)cc1Nc1cc(C(=O)O)c(Cl)cn1. The number of nitrogens with zero attached hydrogens (tertiary/aromatic N) is 2. The average molecular weight is 353 g/mol. The molecule has 1 aromatic heterocycles. The Kier molecular flexibility index (Phi) is 4.23. The fraction of sp³-hybridized carbons (Fsp3) is 0. The van der Waals surface area contributed by atoms with Crippen molar-refractivity contribution in [3.05, 3.63) is 51.1 Å². The molecule has 2 aromatic rings. The number of carboxylic acid groups (broad SMARTS) is 1. The summed E-state index contributed by atoms with van der Waals surface area (Å²) in [6.45, 7) is 0. The molecule has 100 valence electrons. The second kappa shape index (κ2) is 5.90. The molecule has 2 rings (SSSR count). The van der Waals surface area contributed by atoms with Gasteiger partial charge in [0.2, 0.25) is 0 Å². The number of nitriles is 1. The van der Waals surface area contributed by atoms with Gasteiger partial charge < -0.3 is 10.4 Å². The number of anilines is 2. The van der Waals surface area contributed by atoms with Gasteiger partial charge in [0.1, 0.15) is 11.9 Å². The van der Waals surface area contributed by atoms with E-state index in [0.29, 0.717) is 17.1 Å². The molecule has 0 amide bonds. The number of benzene rings is 1. The van der Waals surface area contributed by atoms with Crippen LogP contribution in [0.1, 0.15) is 15.9 Å². The van der Waals surface area contributed by atoms with Crippen LogP contribution in [0.15, 0.2) is 34.9 Å². The monoisotopic (exact) mass is 351 g/mol. The minimum Gasteiger partial charge on any atom is -0.478 e. The highest BCUT2D eigenvalue weighted by atomic mass is 79.9. The quantitative estimate of drug-likeness (QED) is 0.877. The van der Waals surface area contributed by atoms with Crippen molar-refractivity contribution in [2.45, 2.75) is 0 Å². The van der Waals surface area contributed by atoms with E-state index < -0.39 is 5.97 Å². The minimum absolute atomic E-state index is 0.0535. The number of rotatable bonds is 3. The molecule has 2 N–H and O–H groups in total. The summed E-state index contributed by atoms with van der Waals surface area (Å²) in [6.07, 6.45) is 1.25. The summed E-state index contributed by atoms with van der Waals surface area (Å²) < 4.78 is 0.784. The third-order valence-corrected chi connectivity index (χ3v) is 3.24. The van der Waals surface area contributed by atoms with Gasteiger partial charge in [-0.2, -0.15) is 5.26 Å². The van der Waals surface area contributed by atoms with Crippen molar-refractivity contribution in [3.8, 4) is 6.07 Å². The van der Waals surface area contributed by atoms with Gasteiger partial charge in [-0.25, -0.2) is 9.78 Å². The first-order chi connectivity index (χ1) is 9.51. The number of hydrogen-bond donors (Lipinski definition) is 2. The largest absolute Gasteiger partial charge is 0.478 e. The van der Waals surface area contributed by atoms with Gasteiger partial charge in [-0.3, -0.25) is 0 Å². The molecule has 0 radical (unpaired) electrons. The van der Waals surface area contributed by atoms with Crippen LogP contribution in [0, 0.1) is 11.3 Å². The standard InChI is InChI=1S/C13H7BrClN3O2/c14-8-2-1-7(5-16)11(3-8)18-12-4-9(13(19)20)10(15)6-17-12/h1-4,6H,(H,17,18)(H,19,20). The number of hydrogen-bond acceptors (Lipinski definition) is 4. The van der Waals surface area contributed by atoms with Crippen LogP contribution in [-0.4, -0.2) is 16.1 Å². The first kappa shape index (κ1) is 14.3. The van der Waals surface area contributed by atoms with Gasteiger partial charge in [-0.1, -0.05) is 27.5 Å². The van der Waals surface area contributed by atoms with Crippen LogP contribution >= 0.6 is 27.5 Å². The van der Waals surface area contributed by atoms with E-state index in [2.05, 4.69) is 26.2 Å². The van der Waals surface area contributed by atoms with E-state index in [0.717, 1.165) is 4.47 Å². The van der Waals surface area contributed by atoms with E-state index in [4.69, 9.17) is 22.0 Å². The maximum atomic E-state index is 11.0.